The number of nitrogens with zero attached hydrogens (tertiary/aromatic N) is 2. The van der Waals surface area contributed by atoms with Crippen molar-refractivity contribution in [2.75, 3.05) is 5.32 Å². The summed E-state index contributed by atoms with van der Waals surface area (Å²) < 4.78 is 0.915. The Bertz CT molecular complexity index is 997. The molecule has 0 saturated heterocycles. The first-order valence-electron chi connectivity index (χ1n) is 9.44. The zero-order valence-corrected chi connectivity index (χ0v) is 17.5. The molecule has 1 N–H and O–H groups in total. The Morgan fingerprint density at radius 3 is 2.79 bits per heavy atom. The van der Waals surface area contributed by atoms with E-state index in [9.17, 15) is 9.59 Å². The van der Waals surface area contributed by atoms with Gasteiger partial charge in [-0.3, -0.25) is 9.59 Å². The summed E-state index contributed by atoms with van der Waals surface area (Å²) in [5, 5.41) is 11.1. The number of carbonyl (C=O) groups excluding carboxylic acids is 2. The van der Waals surface area contributed by atoms with Crippen molar-refractivity contribution in [3.8, 4) is 0 Å². The molecule has 2 amide bonds. The first kappa shape index (κ1) is 19.0. The van der Waals surface area contributed by atoms with Crippen LogP contribution in [0.15, 0.2) is 69.9 Å². The van der Waals surface area contributed by atoms with Crippen molar-refractivity contribution in [3.63, 3.8) is 0 Å². The van der Waals surface area contributed by atoms with Crippen LogP contribution in [0.1, 0.15) is 41.6 Å². The van der Waals surface area contributed by atoms with Gasteiger partial charge in [-0.15, -0.1) is 5.11 Å². The van der Waals surface area contributed by atoms with Gasteiger partial charge in [0.1, 0.15) is 0 Å². The van der Waals surface area contributed by atoms with Crippen LogP contribution in [0.2, 0.25) is 0 Å². The molecule has 28 heavy (non-hydrogen) atoms. The first-order chi connectivity index (χ1) is 13.6. The first-order valence-corrected chi connectivity index (χ1v) is 10.5. The predicted molar refractivity (Wildman–Crippen MR) is 116 cm³/mol. The molecular formula is C22H20IN3O2. The number of carbonyl (C=O) groups is 2. The summed E-state index contributed by atoms with van der Waals surface area (Å²) in [7, 11) is 0. The minimum atomic E-state index is -0.163. The van der Waals surface area contributed by atoms with Crippen molar-refractivity contribution >= 4 is 40.1 Å². The van der Waals surface area contributed by atoms with E-state index in [0.29, 0.717) is 12.0 Å². The molecule has 142 valence electrons. The maximum atomic E-state index is 12.6. The number of benzene rings is 2. The van der Waals surface area contributed by atoms with Crippen LogP contribution in [0.4, 0.5) is 5.69 Å². The molecule has 0 spiro atoms. The number of hydrogen-bond acceptors (Lipinski definition) is 3. The Kier molecular flexibility index (Phi) is 5.66. The van der Waals surface area contributed by atoms with Gasteiger partial charge in [0.05, 0.1) is 11.6 Å². The second-order valence-corrected chi connectivity index (χ2v) is 8.25. The fourth-order valence-corrected chi connectivity index (χ4v) is 4.43. The largest absolute Gasteiger partial charge is 0.322 e. The summed E-state index contributed by atoms with van der Waals surface area (Å²) in [6.07, 6.45) is 4.57. The lowest BCUT2D eigenvalue weighted by Gasteiger charge is -2.25. The Morgan fingerprint density at radius 1 is 1.11 bits per heavy atom. The Morgan fingerprint density at radius 2 is 1.93 bits per heavy atom. The molecule has 4 rings (SSSR count). The molecule has 1 heterocycles. The summed E-state index contributed by atoms with van der Waals surface area (Å²) in [4.78, 5) is 24.6. The maximum absolute atomic E-state index is 12.6. The molecule has 0 fully saturated rings. The van der Waals surface area contributed by atoms with E-state index in [-0.39, 0.29) is 17.9 Å². The quantitative estimate of drug-likeness (QED) is 0.596. The molecule has 1 atom stereocenters. The number of nitrogens with one attached hydrogen (secondary N) is 1. The van der Waals surface area contributed by atoms with Gasteiger partial charge >= 0.3 is 0 Å². The van der Waals surface area contributed by atoms with Crippen LogP contribution in [0.3, 0.4) is 0 Å². The van der Waals surface area contributed by atoms with E-state index in [1.54, 1.807) is 0 Å². The number of azo groups is 1. The van der Waals surface area contributed by atoms with Crippen LogP contribution in [-0.4, -0.2) is 17.9 Å². The molecule has 0 aromatic heterocycles. The van der Waals surface area contributed by atoms with Crippen molar-refractivity contribution < 1.29 is 9.59 Å². The molecule has 0 bridgehead atoms. The summed E-state index contributed by atoms with van der Waals surface area (Å²) in [6.45, 7) is 0. The van der Waals surface area contributed by atoms with Gasteiger partial charge in [-0.2, -0.15) is 5.11 Å². The van der Waals surface area contributed by atoms with E-state index in [2.05, 4.69) is 38.1 Å². The van der Waals surface area contributed by atoms with Crippen LogP contribution in [0.25, 0.3) is 0 Å². The zero-order chi connectivity index (χ0) is 19.5. The summed E-state index contributed by atoms with van der Waals surface area (Å²) in [6, 6.07) is 15.2. The minimum absolute atomic E-state index is 0.0750. The lowest BCUT2D eigenvalue weighted by Crippen LogP contribution is -2.23. The van der Waals surface area contributed by atoms with E-state index in [0.717, 1.165) is 51.7 Å². The van der Waals surface area contributed by atoms with E-state index >= 15 is 0 Å². The SMILES string of the molecule is O=C1N=NC(Cc2cccc(NC(=O)c3ccccc3I)c2)C2=C1CCCC2. The van der Waals surface area contributed by atoms with E-state index < -0.39 is 0 Å². The van der Waals surface area contributed by atoms with Crippen molar-refractivity contribution in [1.82, 2.24) is 0 Å². The average Bonchev–Trinajstić information content (AvgIpc) is 2.71. The predicted octanol–water partition coefficient (Wildman–Crippen LogP) is 5.32. The molecule has 0 saturated carbocycles. The molecular weight excluding hydrogens is 465 g/mol. The molecule has 1 aliphatic carbocycles. The third-order valence-electron chi connectivity index (χ3n) is 5.19. The molecule has 2 aromatic carbocycles. The Labute approximate surface area is 177 Å². The summed E-state index contributed by atoms with van der Waals surface area (Å²) >= 11 is 2.16. The molecule has 2 aliphatic rings. The van der Waals surface area contributed by atoms with E-state index in [4.69, 9.17) is 0 Å². The van der Waals surface area contributed by atoms with Crippen LogP contribution in [0, 0.1) is 3.57 Å². The lowest BCUT2D eigenvalue weighted by molar-refractivity contribution is -0.115. The second-order valence-electron chi connectivity index (χ2n) is 7.09. The fraction of sp³-hybridized carbons (Fsp3) is 0.273. The van der Waals surface area contributed by atoms with E-state index in [1.165, 1.54) is 0 Å². The Balaban J connectivity index is 1.51. The Hall–Kier alpha value is -2.35. The van der Waals surface area contributed by atoms with Gasteiger partial charge in [0.2, 0.25) is 0 Å². The maximum Gasteiger partial charge on any atom is 0.291 e. The van der Waals surface area contributed by atoms with Crippen LogP contribution in [0.5, 0.6) is 0 Å². The minimum Gasteiger partial charge on any atom is -0.322 e. The molecule has 1 aliphatic heterocycles. The van der Waals surface area contributed by atoms with Gasteiger partial charge in [-0.1, -0.05) is 24.3 Å². The highest BCUT2D eigenvalue weighted by Gasteiger charge is 2.28. The van der Waals surface area contributed by atoms with Crippen molar-refractivity contribution in [2.45, 2.75) is 38.1 Å². The molecule has 5 nitrogen and oxygen atoms in total. The number of halogens is 1. The van der Waals surface area contributed by atoms with Crippen molar-refractivity contribution in [1.29, 1.82) is 0 Å². The van der Waals surface area contributed by atoms with Gasteiger partial charge in [-0.25, -0.2) is 0 Å². The van der Waals surface area contributed by atoms with Gasteiger partial charge in [0.15, 0.2) is 0 Å². The highest BCUT2D eigenvalue weighted by molar-refractivity contribution is 14.1. The van der Waals surface area contributed by atoms with Gasteiger partial charge < -0.3 is 5.32 Å². The number of hydrogen-bond donors (Lipinski definition) is 1. The molecule has 0 radical (unpaired) electrons. The summed E-state index contributed by atoms with van der Waals surface area (Å²) in [5.74, 6) is -0.285. The monoisotopic (exact) mass is 485 g/mol. The number of rotatable bonds is 4. The molecule has 6 heteroatoms. The molecule has 1 unspecified atom stereocenters. The number of anilines is 1. The topological polar surface area (TPSA) is 70.9 Å². The number of amides is 2. The zero-order valence-electron chi connectivity index (χ0n) is 15.3. The van der Waals surface area contributed by atoms with Gasteiger partial charge in [0, 0.05) is 21.3 Å². The smallest absolute Gasteiger partial charge is 0.291 e. The highest BCUT2D eigenvalue weighted by Crippen LogP contribution is 2.33. The standard InChI is InChI=1S/C22H20IN3O2/c23-19-11-4-3-10-18(19)21(27)24-15-7-5-6-14(12-15)13-20-16-8-1-2-9-17(16)22(28)26-25-20/h3-7,10-12,20H,1-2,8-9,13H2,(H,24,27). The summed E-state index contributed by atoms with van der Waals surface area (Å²) in [5.41, 5.74) is 4.50. The van der Waals surface area contributed by atoms with Crippen molar-refractivity contribution in [2.24, 2.45) is 10.2 Å². The van der Waals surface area contributed by atoms with Crippen LogP contribution >= 0.6 is 22.6 Å². The van der Waals surface area contributed by atoms with Gasteiger partial charge in [0.25, 0.3) is 11.8 Å². The van der Waals surface area contributed by atoms with Gasteiger partial charge in [-0.05, 0) is 83.7 Å². The molecule has 2 aromatic rings. The second kappa shape index (κ2) is 8.34. The van der Waals surface area contributed by atoms with Crippen LogP contribution in [-0.2, 0) is 11.2 Å². The van der Waals surface area contributed by atoms with Crippen molar-refractivity contribution in [3.05, 3.63) is 74.4 Å². The third-order valence-corrected chi connectivity index (χ3v) is 6.13. The average molecular weight is 485 g/mol. The van der Waals surface area contributed by atoms with E-state index in [1.807, 2.05) is 48.5 Å². The lowest BCUT2D eigenvalue weighted by atomic mass is 9.84. The van der Waals surface area contributed by atoms with Crippen LogP contribution < -0.4 is 5.32 Å². The third kappa shape index (κ3) is 4.06. The normalized spacial score (nSPS) is 18.8. The highest BCUT2D eigenvalue weighted by atomic mass is 127. The fourth-order valence-electron chi connectivity index (χ4n) is 3.80.